The summed E-state index contributed by atoms with van der Waals surface area (Å²) in [5, 5.41) is 12.0. The van der Waals surface area contributed by atoms with Crippen molar-refractivity contribution in [2.75, 3.05) is 5.32 Å². The summed E-state index contributed by atoms with van der Waals surface area (Å²) < 4.78 is 12.4. The number of carboxylic acids is 1. The molecule has 0 unspecified atom stereocenters. The number of rotatable bonds is 12. The van der Waals surface area contributed by atoms with Gasteiger partial charge in [-0.1, -0.05) is 72.8 Å². The van der Waals surface area contributed by atoms with Crippen LogP contribution in [0.4, 0.5) is 5.69 Å². The number of carbonyl (C=O) groups is 2. The van der Waals surface area contributed by atoms with E-state index < -0.39 is 11.9 Å². The quantitative estimate of drug-likeness (QED) is 0.144. The number of carbonyl (C=O) groups excluding carboxylic acids is 1. The van der Waals surface area contributed by atoms with Crippen molar-refractivity contribution in [2.24, 2.45) is 0 Å². The third-order valence-electron chi connectivity index (χ3n) is 8.50. The zero-order chi connectivity index (χ0) is 32.4. The van der Waals surface area contributed by atoms with Gasteiger partial charge in [0.1, 0.15) is 17.2 Å². The Kier molecular flexibility index (Phi) is 10.3. The predicted molar refractivity (Wildman–Crippen MR) is 183 cm³/mol. The van der Waals surface area contributed by atoms with Crippen LogP contribution in [0.1, 0.15) is 57.5 Å². The van der Waals surface area contributed by atoms with E-state index in [9.17, 15) is 14.7 Å². The maximum atomic E-state index is 12.7. The molecular formula is C40H38N2O5. The van der Waals surface area contributed by atoms with Gasteiger partial charge in [-0.3, -0.25) is 9.69 Å². The molecule has 0 radical (unpaired) electrons. The second-order valence-corrected chi connectivity index (χ2v) is 11.8. The van der Waals surface area contributed by atoms with Gasteiger partial charge in [0, 0.05) is 24.7 Å². The number of hydrogen-bond donors (Lipinski definition) is 2. The van der Waals surface area contributed by atoms with Crippen LogP contribution in [0.2, 0.25) is 0 Å². The summed E-state index contributed by atoms with van der Waals surface area (Å²) in [4.78, 5) is 26.8. The molecule has 1 saturated carbocycles. The molecule has 2 N–H and O–H groups in total. The van der Waals surface area contributed by atoms with Gasteiger partial charge >= 0.3 is 5.97 Å². The van der Waals surface area contributed by atoms with Crippen LogP contribution in [-0.2, 0) is 13.1 Å². The van der Waals surface area contributed by atoms with Gasteiger partial charge in [-0.25, -0.2) is 4.79 Å². The molecular weight excluding hydrogens is 588 g/mol. The zero-order valence-electron chi connectivity index (χ0n) is 26.1. The molecule has 1 aliphatic rings. The van der Waals surface area contributed by atoms with Crippen LogP contribution in [0.5, 0.6) is 17.2 Å². The Morgan fingerprint density at radius 2 is 1.15 bits per heavy atom. The summed E-state index contributed by atoms with van der Waals surface area (Å²) in [7, 11) is 0. The number of benzene rings is 5. The molecule has 6 rings (SSSR count). The topological polar surface area (TPSA) is 88.1 Å². The van der Waals surface area contributed by atoms with Crippen LogP contribution in [0.25, 0.3) is 0 Å². The standard InChI is InChI=1S/C40H38N2O5/c43-39(41-38-14-8-7-13-37(38)40(44)45)31-15-19-33(20-16-31)46-35-23-25-36(26-24-35)47-34-21-17-32(18-22-34)42(27-29-9-3-1-4-10-29)28-30-11-5-2-6-12-30/h1-16,19-20,23-26,32,34H,17-18,21-22,27-28H2,(H,41,43)(H,44,45). The van der Waals surface area contributed by atoms with Crippen LogP contribution < -0.4 is 14.8 Å². The molecule has 0 bridgehead atoms. The Morgan fingerprint density at radius 3 is 1.72 bits per heavy atom. The van der Waals surface area contributed by atoms with E-state index in [1.54, 1.807) is 42.5 Å². The number of nitrogens with one attached hydrogen (secondary N) is 1. The summed E-state index contributed by atoms with van der Waals surface area (Å²) in [6, 6.07) is 42.6. The van der Waals surface area contributed by atoms with E-state index in [0.29, 0.717) is 23.1 Å². The SMILES string of the molecule is O=C(Nc1ccccc1C(=O)O)c1ccc(Oc2ccc(OC3CCC(N(Cc4ccccc4)Cc4ccccc4)CC3)cc2)cc1. The van der Waals surface area contributed by atoms with Gasteiger partial charge in [0.2, 0.25) is 0 Å². The van der Waals surface area contributed by atoms with E-state index in [0.717, 1.165) is 44.5 Å². The molecule has 1 aliphatic carbocycles. The number of amides is 1. The Labute approximate surface area is 275 Å². The Hall–Kier alpha value is -5.40. The summed E-state index contributed by atoms with van der Waals surface area (Å²) in [5.74, 6) is 0.552. The normalized spacial score (nSPS) is 15.9. The maximum Gasteiger partial charge on any atom is 0.337 e. The molecule has 5 aromatic carbocycles. The second kappa shape index (κ2) is 15.3. The lowest BCUT2D eigenvalue weighted by atomic mass is 9.91. The molecule has 0 aliphatic heterocycles. The first kappa shape index (κ1) is 31.6. The highest BCUT2D eigenvalue weighted by Gasteiger charge is 2.27. The Bertz CT molecular complexity index is 1710. The number of para-hydroxylation sites is 1. The average Bonchev–Trinajstić information content (AvgIpc) is 3.10. The van der Waals surface area contributed by atoms with E-state index in [1.807, 2.05) is 24.3 Å². The molecule has 0 atom stereocenters. The molecule has 7 heteroatoms. The minimum atomic E-state index is -1.10. The highest BCUT2D eigenvalue weighted by Crippen LogP contribution is 2.30. The molecule has 7 nitrogen and oxygen atoms in total. The summed E-state index contributed by atoms with van der Waals surface area (Å²) >= 11 is 0. The molecule has 1 amide bonds. The summed E-state index contributed by atoms with van der Waals surface area (Å²) in [6.07, 6.45) is 4.36. The van der Waals surface area contributed by atoms with Crippen molar-refractivity contribution < 1.29 is 24.2 Å². The lowest BCUT2D eigenvalue weighted by molar-refractivity contribution is 0.0698. The van der Waals surface area contributed by atoms with Crippen LogP contribution in [0.3, 0.4) is 0 Å². The van der Waals surface area contributed by atoms with E-state index in [2.05, 4.69) is 70.9 Å². The first-order chi connectivity index (χ1) is 23.0. The fraction of sp³-hybridized carbons (Fsp3) is 0.200. The second-order valence-electron chi connectivity index (χ2n) is 11.8. The van der Waals surface area contributed by atoms with Crippen molar-refractivity contribution in [3.63, 3.8) is 0 Å². The van der Waals surface area contributed by atoms with Crippen molar-refractivity contribution in [1.29, 1.82) is 0 Å². The van der Waals surface area contributed by atoms with Crippen molar-refractivity contribution in [3.05, 3.63) is 156 Å². The minimum absolute atomic E-state index is 0.0326. The smallest absolute Gasteiger partial charge is 0.337 e. The zero-order valence-corrected chi connectivity index (χ0v) is 26.1. The van der Waals surface area contributed by atoms with Gasteiger partial charge in [-0.2, -0.15) is 0 Å². The lowest BCUT2D eigenvalue weighted by Crippen LogP contribution is -2.39. The average molecular weight is 627 g/mol. The maximum absolute atomic E-state index is 12.7. The number of ether oxygens (including phenoxy) is 2. The van der Waals surface area contributed by atoms with Crippen LogP contribution in [-0.4, -0.2) is 34.0 Å². The van der Waals surface area contributed by atoms with Crippen LogP contribution in [0, 0.1) is 0 Å². The molecule has 0 heterocycles. The van der Waals surface area contributed by atoms with Gasteiger partial charge in [-0.05, 0) is 97.5 Å². The fourth-order valence-electron chi connectivity index (χ4n) is 6.04. The van der Waals surface area contributed by atoms with Crippen molar-refractivity contribution >= 4 is 17.6 Å². The molecule has 0 aromatic heterocycles. The van der Waals surface area contributed by atoms with Crippen molar-refractivity contribution in [3.8, 4) is 17.2 Å². The first-order valence-corrected chi connectivity index (χ1v) is 16.0. The first-order valence-electron chi connectivity index (χ1n) is 16.0. The van der Waals surface area contributed by atoms with Gasteiger partial charge < -0.3 is 19.9 Å². The van der Waals surface area contributed by atoms with E-state index in [-0.39, 0.29) is 17.4 Å². The lowest BCUT2D eigenvalue weighted by Gasteiger charge is -2.37. The third-order valence-corrected chi connectivity index (χ3v) is 8.50. The van der Waals surface area contributed by atoms with E-state index in [1.165, 1.54) is 17.2 Å². The fourth-order valence-corrected chi connectivity index (χ4v) is 6.04. The summed E-state index contributed by atoms with van der Waals surface area (Å²) in [5.41, 5.74) is 3.34. The molecule has 5 aromatic rings. The van der Waals surface area contributed by atoms with Crippen LogP contribution in [0.15, 0.2) is 133 Å². The number of aromatic carboxylic acids is 1. The highest BCUT2D eigenvalue weighted by atomic mass is 16.5. The van der Waals surface area contributed by atoms with E-state index in [4.69, 9.17) is 9.47 Å². The Balaban J connectivity index is 0.999. The van der Waals surface area contributed by atoms with Crippen molar-refractivity contribution in [2.45, 2.75) is 50.9 Å². The van der Waals surface area contributed by atoms with E-state index >= 15 is 0 Å². The number of anilines is 1. The Morgan fingerprint density at radius 1 is 0.638 bits per heavy atom. The largest absolute Gasteiger partial charge is 0.490 e. The monoisotopic (exact) mass is 626 g/mol. The molecule has 47 heavy (non-hydrogen) atoms. The van der Waals surface area contributed by atoms with Gasteiger partial charge in [0.05, 0.1) is 17.4 Å². The van der Waals surface area contributed by atoms with Gasteiger partial charge in [-0.15, -0.1) is 0 Å². The number of carboxylic acid groups (broad SMARTS) is 1. The molecule has 1 fully saturated rings. The highest BCUT2D eigenvalue weighted by molar-refractivity contribution is 6.07. The minimum Gasteiger partial charge on any atom is -0.490 e. The molecule has 0 saturated heterocycles. The number of hydrogen-bond acceptors (Lipinski definition) is 5. The number of nitrogens with zero attached hydrogens (tertiary/aromatic N) is 1. The third kappa shape index (κ3) is 8.66. The molecule has 238 valence electrons. The molecule has 0 spiro atoms. The van der Waals surface area contributed by atoms with Gasteiger partial charge in [0.15, 0.2) is 0 Å². The van der Waals surface area contributed by atoms with Gasteiger partial charge in [0.25, 0.3) is 5.91 Å². The predicted octanol–water partition coefficient (Wildman–Crippen LogP) is 8.82. The van der Waals surface area contributed by atoms with Crippen LogP contribution >= 0.6 is 0 Å². The summed E-state index contributed by atoms with van der Waals surface area (Å²) in [6.45, 7) is 1.87. The van der Waals surface area contributed by atoms with Crippen molar-refractivity contribution in [1.82, 2.24) is 4.90 Å².